The van der Waals surface area contributed by atoms with Crippen molar-refractivity contribution in [2.75, 3.05) is 18.5 Å². The van der Waals surface area contributed by atoms with Crippen molar-refractivity contribution in [1.29, 1.82) is 0 Å². The molecule has 5 heteroatoms. The molecular weight excluding hydrogens is 307 g/mol. The highest BCUT2D eigenvalue weighted by molar-refractivity contribution is 9.09. The van der Waals surface area contributed by atoms with Gasteiger partial charge in [-0.05, 0) is 18.6 Å². The highest BCUT2D eigenvalue weighted by Crippen LogP contribution is 2.37. The summed E-state index contributed by atoms with van der Waals surface area (Å²) in [7, 11) is 0. The van der Waals surface area contributed by atoms with E-state index in [0.29, 0.717) is 23.4 Å². The summed E-state index contributed by atoms with van der Waals surface area (Å²) in [5.74, 6) is -0.759. The maximum atomic E-state index is 8.91. The summed E-state index contributed by atoms with van der Waals surface area (Å²) in [5, 5.41) is 10.1. The topological polar surface area (TPSA) is 38.7 Å². The van der Waals surface area contributed by atoms with Crippen LogP contribution in [-0.2, 0) is 15.3 Å². The van der Waals surface area contributed by atoms with Crippen molar-refractivity contribution in [3.8, 4) is 0 Å². The zero-order valence-corrected chi connectivity index (χ0v) is 11.6. The molecule has 0 amide bonds. The van der Waals surface area contributed by atoms with Crippen molar-refractivity contribution in [2.45, 2.75) is 18.3 Å². The Morgan fingerprint density at radius 2 is 2.12 bits per heavy atom. The molecule has 1 heterocycles. The summed E-state index contributed by atoms with van der Waals surface area (Å²) in [5.41, 5.74) is 0.930. The lowest BCUT2D eigenvalue weighted by Gasteiger charge is -2.26. The summed E-state index contributed by atoms with van der Waals surface area (Å²) < 4.78 is 11.6. The Morgan fingerprint density at radius 3 is 2.71 bits per heavy atom. The molecule has 0 aliphatic carbocycles. The van der Waals surface area contributed by atoms with Crippen molar-refractivity contribution < 1.29 is 14.6 Å². The molecule has 0 aromatic heterocycles. The van der Waals surface area contributed by atoms with E-state index < -0.39 is 5.79 Å². The Balaban J connectivity index is 2.18. The number of hydrogen-bond acceptors (Lipinski definition) is 3. The molecule has 1 N–H and O–H groups in total. The molecule has 94 valence electrons. The van der Waals surface area contributed by atoms with E-state index in [2.05, 4.69) is 15.9 Å². The van der Waals surface area contributed by atoms with Crippen molar-refractivity contribution >= 4 is 27.5 Å². The zero-order chi connectivity index (χ0) is 12.3. The second-order valence-electron chi connectivity index (χ2n) is 3.96. The monoisotopic (exact) mass is 320 g/mol. The number of aliphatic hydroxyl groups is 1. The Morgan fingerprint density at radius 1 is 1.41 bits per heavy atom. The molecule has 2 rings (SSSR count). The van der Waals surface area contributed by atoms with Crippen LogP contribution in [0.5, 0.6) is 0 Å². The standard InChI is InChI=1S/C12H14BrClO3/c13-8-12(9-1-3-10(14)4-2-9)16-7-11(17-12)5-6-15/h1-4,11,15H,5-8H2. The third kappa shape index (κ3) is 2.83. The van der Waals surface area contributed by atoms with E-state index in [1.54, 1.807) is 0 Å². The Labute approximate surface area is 114 Å². The fourth-order valence-electron chi connectivity index (χ4n) is 1.85. The number of alkyl halides is 1. The molecule has 0 spiro atoms. The third-order valence-electron chi connectivity index (χ3n) is 2.77. The average Bonchev–Trinajstić information content (AvgIpc) is 2.75. The normalized spacial score (nSPS) is 28.5. The molecule has 1 aromatic carbocycles. The minimum atomic E-state index is -0.759. The number of rotatable bonds is 4. The van der Waals surface area contributed by atoms with Gasteiger partial charge in [-0.3, -0.25) is 0 Å². The lowest BCUT2D eigenvalue weighted by Crippen LogP contribution is -2.30. The lowest BCUT2D eigenvalue weighted by molar-refractivity contribution is -0.157. The van der Waals surface area contributed by atoms with Gasteiger partial charge in [-0.15, -0.1) is 0 Å². The van der Waals surface area contributed by atoms with Crippen LogP contribution in [0.3, 0.4) is 0 Å². The van der Waals surface area contributed by atoms with Gasteiger partial charge in [-0.2, -0.15) is 0 Å². The average molecular weight is 322 g/mol. The van der Waals surface area contributed by atoms with Gasteiger partial charge in [0.25, 0.3) is 0 Å². The van der Waals surface area contributed by atoms with Gasteiger partial charge in [0.2, 0.25) is 5.79 Å². The number of benzene rings is 1. The zero-order valence-electron chi connectivity index (χ0n) is 9.23. The van der Waals surface area contributed by atoms with Crippen molar-refractivity contribution in [3.05, 3.63) is 34.9 Å². The quantitative estimate of drug-likeness (QED) is 0.867. The Bertz CT molecular complexity index is 371. The van der Waals surface area contributed by atoms with Crippen LogP contribution in [0.25, 0.3) is 0 Å². The number of ether oxygens (including phenoxy) is 2. The summed E-state index contributed by atoms with van der Waals surface area (Å²) in [4.78, 5) is 0. The number of hydrogen-bond donors (Lipinski definition) is 1. The van der Waals surface area contributed by atoms with Crippen LogP contribution >= 0.6 is 27.5 Å². The van der Waals surface area contributed by atoms with Crippen LogP contribution in [0.2, 0.25) is 5.02 Å². The van der Waals surface area contributed by atoms with Crippen molar-refractivity contribution in [2.24, 2.45) is 0 Å². The maximum absolute atomic E-state index is 8.91. The molecule has 0 bridgehead atoms. The lowest BCUT2D eigenvalue weighted by atomic mass is 10.1. The first-order valence-electron chi connectivity index (χ1n) is 5.45. The van der Waals surface area contributed by atoms with E-state index in [1.165, 1.54) is 0 Å². The Hall–Kier alpha value is -0.130. The van der Waals surface area contributed by atoms with E-state index in [4.69, 9.17) is 26.2 Å². The van der Waals surface area contributed by atoms with Gasteiger partial charge in [0.05, 0.1) is 18.0 Å². The summed E-state index contributed by atoms with van der Waals surface area (Å²) in [6.07, 6.45) is 0.524. The van der Waals surface area contributed by atoms with Gasteiger partial charge in [-0.1, -0.05) is 39.7 Å². The van der Waals surface area contributed by atoms with Gasteiger partial charge in [-0.25, -0.2) is 0 Å². The number of aliphatic hydroxyl groups excluding tert-OH is 1. The first kappa shape index (κ1) is 13.3. The summed E-state index contributed by atoms with van der Waals surface area (Å²) in [6, 6.07) is 7.41. The molecule has 1 aliphatic rings. The van der Waals surface area contributed by atoms with Crippen LogP contribution in [0.1, 0.15) is 12.0 Å². The first-order chi connectivity index (χ1) is 8.20. The van der Waals surface area contributed by atoms with E-state index in [9.17, 15) is 0 Å². The highest BCUT2D eigenvalue weighted by atomic mass is 79.9. The molecule has 2 unspecified atom stereocenters. The van der Waals surface area contributed by atoms with Gasteiger partial charge < -0.3 is 14.6 Å². The molecule has 2 atom stereocenters. The molecule has 0 radical (unpaired) electrons. The van der Waals surface area contributed by atoms with E-state index in [-0.39, 0.29) is 12.7 Å². The number of halogens is 2. The minimum absolute atomic E-state index is 0.0618. The van der Waals surface area contributed by atoms with Gasteiger partial charge in [0.1, 0.15) is 0 Å². The minimum Gasteiger partial charge on any atom is -0.396 e. The fourth-order valence-corrected chi connectivity index (χ4v) is 2.60. The summed E-state index contributed by atoms with van der Waals surface area (Å²) in [6.45, 7) is 0.599. The molecule has 17 heavy (non-hydrogen) atoms. The molecular formula is C12H14BrClO3. The van der Waals surface area contributed by atoms with Crippen LogP contribution in [-0.4, -0.2) is 29.8 Å². The van der Waals surface area contributed by atoms with Gasteiger partial charge in [0.15, 0.2) is 0 Å². The van der Waals surface area contributed by atoms with Crippen LogP contribution in [0, 0.1) is 0 Å². The second kappa shape index (κ2) is 5.67. The molecule has 1 fully saturated rings. The molecule has 3 nitrogen and oxygen atoms in total. The van der Waals surface area contributed by atoms with Crippen molar-refractivity contribution in [3.63, 3.8) is 0 Å². The van der Waals surface area contributed by atoms with Crippen molar-refractivity contribution in [1.82, 2.24) is 0 Å². The maximum Gasteiger partial charge on any atom is 0.205 e. The van der Waals surface area contributed by atoms with Gasteiger partial charge in [0, 0.05) is 17.2 Å². The highest BCUT2D eigenvalue weighted by Gasteiger charge is 2.42. The Kier molecular flexibility index (Phi) is 4.44. The van der Waals surface area contributed by atoms with Gasteiger partial charge >= 0.3 is 0 Å². The summed E-state index contributed by atoms with van der Waals surface area (Å²) >= 11 is 9.28. The fraction of sp³-hybridized carbons (Fsp3) is 0.500. The third-order valence-corrected chi connectivity index (χ3v) is 3.76. The van der Waals surface area contributed by atoms with E-state index in [0.717, 1.165) is 5.56 Å². The molecule has 1 saturated heterocycles. The van der Waals surface area contributed by atoms with E-state index >= 15 is 0 Å². The van der Waals surface area contributed by atoms with Crippen LogP contribution in [0.15, 0.2) is 24.3 Å². The molecule has 1 aliphatic heterocycles. The van der Waals surface area contributed by atoms with E-state index in [1.807, 2.05) is 24.3 Å². The van der Waals surface area contributed by atoms with Crippen LogP contribution < -0.4 is 0 Å². The molecule has 1 aromatic rings. The van der Waals surface area contributed by atoms with Crippen LogP contribution in [0.4, 0.5) is 0 Å². The largest absolute Gasteiger partial charge is 0.396 e. The molecule has 0 saturated carbocycles. The second-order valence-corrected chi connectivity index (χ2v) is 4.95. The first-order valence-corrected chi connectivity index (χ1v) is 6.95. The smallest absolute Gasteiger partial charge is 0.205 e. The predicted octanol–water partition coefficient (Wildman–Crippen LogP) is 2.69. The predicted molar refractivity (Wildman–Crippen MR) is 69.5 cm³/mol. The SMILES string of the molecule is OCCC1COC(CBr)(c2ccc(Cl)cc2)O1.